The number of carboxylic acids is 1. The number of carboxylic acid groups (broad SMARTS) is 1. The summed E-state index contributed by atoms with van der Waals surface area (Å²) in [5.74, 6) is -1.51. The molecule has 0 atom stereocenters. The van der Waals surface area contributed by atoms with Gasteiger partial charge in [-0.2, -0.15) is 0 Å². The molecule has 5 nitrogen and oxygen atoms in total. The van der Waals surface area contributed by atoms with Gasteiger partial charge in [0, 0.05) is 12.5 Å². The van der Waals surface area contributed by atoms with Crippen molar-refractivity contribution >= 4 is 18.0 Å². The molecular formula is C18H16FNO4. The average molecular weight is 329 g/mol. The van der Waals surface area contributed by atoms with Crippen LogP contribution in [0.5, 0.6) is 5.75 Å². The summed E-state index contributed by atoms with van der Waals surface area (Å²) in [6.45, 7) is 1.32. The number of hydrogen-bond donors (Lipinski definition) is 2. The van der Waals surface area contributed by atoms with Gasteiger partial charge in [0.1, 0.15) is 23.9 Å². The van der Waals surface area contributed by atoms with Gasteiger partial charge in [-0.25, -0.2) is 9.18 Å². The molecule has 0 fully saturated rings. The van der Waals surface area contributed by atoms with Gasteiger partial charge in [-0.05, 0) is 29.8 Å². The Balaban J connectivity index is 2.06. The number of hydrogen-bond acceptors (Lipinski definition) is 3. The van der Waals surface area contributed by atoms with Crippen LogP contribution in [0.4, 0.5) is 4.39 Å². The lowest BCUT2D eigenvalue weighted by molar-refractivity contribution is -0.134. The van der Waals surface area contributed by atoms with Crippen LogP contribution in [0, 0.1) is 5.82 Å². The predicted octanol–water partition coefficient (Wildman–Crippen LogP) is 2.97. The number of aliphatic carboxylic acids is 1. The first-order valence-corrected chi connectivity index (χ1v) is 7.14. The lowest BCUT2D eigenvalue weighted by Gasteiger charge is -2.08. The van der Waals surface area contributed by atoms with E-state index in [0.29, 0.717) is 16.9 Å². The van der Waals surface area contributed by atoms with Crippen molar-refractivity contribution in [3.8, 4) is 5.75 Å². The fourth-order valence-corrected chi connectivity index (χ4v) is 1.94. The number of halogens is 1. The van der Waals surface area contributed by atoms with E-state index in [2.05, 4.69) is 5.32 Å². The molecule has 24 heavy (non-hydrogen) atoms. The van der Waals surface area contributed by atoms with Gasteiger partial charge in [0.2, 0.25) is 5.91 Å². The first kappa shape index (κ1) is 17.2. The Bertz CT molecular complexity index is 769. The third-order valence-corrected chi connectivity index (χ3v) is 3.08. The van der Waals surface area contributed by atoms with Crippen molar-refractivity contribution in [2.45, 2.75) is 13.5 Å². The summed E-state index contributed by atoms with van der Waals surface area (Å²) in [5.41, 5.74) is 0.808. The smallest absolute Gasteiger partial charge is 0.352 e. The summed E-state index contributed by atoms with van der Waals surface area (Å²) in [6.07, 6.45) is 1.34. The van der Waals surface area contributed by atoms with Crippen LogP contribution in [0.15, 0.2) is 54.2 Å². The van der Waals surface area contributed by atoms with E-state index in [1.165, 1.54) is 19.1 Å². The Kier molecular flexibility index (Phi) is 5.68. The molecular weight excluding hydrogens is 313 g/mol. The molecule has 0 aliphatic carbocycles. The molecule has 2 rings (SSSR count). The van der Waals surface area contributed by atoms with E-state index in [4.69, 9.17) is 9.84 Å². The van der Waals surface area contributed by atoms with Gasteiger partial charge in [-0.15, -0.1) is 0 Å². The topological polar surface area (TPSA) is 75.6 Å². The number of amides is 1. The van der Waals surface area contributed by atoms with E-state index >= 15 is 0 Å². The molecule has 0 spiro atoms. The quantitative estimate of drug-likeness (QED) is 0.799. The van der Waals surface area contributed by atoms with Gasteiger partial charge in [-0.1, -0.05) is 30.3 Å². The minimum absolute atomic E-state index is 0.0914. The maximum atomic E-state index is 13.5. The molecule has 0 bridgehead atoms. The molecule has 0 aliphatic heterocycles. The maximum absolute atomic E-state index is 13.5. The Morgan fingerprint density at radius 3 is 2.42 bits per heavy atom. The minimum atomic E-state index is -1.23. The highest BCUT2D eigenvalue weighted by Gasteiger charge is 2.09. The van der Waals surface area contributed by atoms with Crippen molar-refractivity contribution in [1.82, 2.24) is 5.32 Å². The van der Waals surface area contributed by atoms with Crippen molar-refractivity contribution in [1.29, 1.82) is 0 Å². The van der Waals surface area contributed by atoms with E-state index in [-0.39, 0.29) is 18.1 Å². The highest BCUT2D eigenvalue weighted by Crippen LogP contribution is 2.17. The van der Waals surface area contributed by atoms with Crippen LogP contribution >= 0.6 is 0 Å². The van der Waals surface area contributed by atoms with E-state index in [9.17, 15) is 14.0 Å². The molecule has 0 aromatic heterocycles. The zero-order chi connectivity index (χ0) is 17.5. The number of benzene rings is 2. The van der Waals surface area contributed by atoms with Crippen molar-refractivity contribution in [2.24, 2.45) is 0 Å². The Labute approximate surface area is 138 Å². The molecule has 0 saturated heterocycles. The molecule has 0 unspecified atom stereocenters. The second-order valence-corrected chi connectivity index (χ2v) is 4.99. The van der Waals surface area contributed by atoms with Crippen LogP contribution in [0.2, 0.25) is 0 Å². The predicted molar refractivity (Wildman–Crippen MR) is 86.6 cm³/mol. The zero-order valence-corrected chi connectivity index (χ0v) is 13.0. The third kappa shape index (κ3) is 4.95. The summed E-state index contributed by atoms with van der Waals surface area (Å²) >= 11 is 0. The normalized spacial score (nSPS) is 11.0. The van der Waals surface area contributed by atoms with Crippen LogP contribution < -0.4 is 10.1 Å². The summed E-state index contributed by atoms with van der Waals surface area (Å²) in [5, 5.41) is 11.3. The molecule has 2 aromatic rings. The van der Waals surface area contributed by atoms with Crippen LogP contribution in [0.3, 0.4) is 0 Å². The number of nitrogens with one attached hydrogen (secondary N) is 1. The summed E-state index contributed by atoms with van der Waals surface area (Å²) in [4.78, 5) is 22.0. The first-order chi connectivity index (χ1) is 11.5. The van der Waals surface area contributed by atoms with Crippen LogP contribution in [0.25, 0.3) is 6.08 Å². The highest BCUT2D eigenvalue weighted by molar-refractivity contribution is 5.96. The van der Waals surface area contributed by atoms with Crippen molar-refractivity contribution in [3.05, 3.63) is 71.2 Å². The lowest BCUT2D eigenvalue weighted by Crippen LogP contribution is -2.24. The summed E-state index contributed by atoms with van der Waals surface area (Å²) < 4.78 is 19.0. The lowest BCUT2D eigenvalue weighted by atomic mass is 10.2. The van der Waals surface area contributed by atoms with Crippen LogP contribution in [-0.4, -0.2) is 17.0 Å². The van der Waals surface area contributed by atoms with Gasteiger partial charge in [-0.3, -0.25) is 4.79 Å². The number of ether oxygens (including phenoxy) is 1. The third-order valence-electron chi connectivity index (χ3n) is 3.08. The second kappa shape index (κ2) is 7.92. The first-order valence-electron chi connectivity index (χ1n) is 7.14. The van der Waals surface area contributed by atoms with Crippen LogP contribution in [0.1, 0.15) is 18.1 Å². The number of carbonyl (C=O) groups is 2. The highest BCUT2D eigenvalue weighted by atomic mass is 19.1. The minimum Gasteiger partial charge on any atom is -0.489 e. The molecule has 1 amide bonds. The Hall–Kier alpha value is -3.15. The monoisotopic (exact) mass is 329 g/mol. The Morgan fingerprint density at radius 2 is 1.83 bits per heavy atom. The molecule has 0 aliphatic rings. The van der Waals surface area contributed by atoms with Crippen molar-refractivity contribution in [2.75, 3.05) is 0 Å². The summed E-state index contributed by atoms with van der Waals surface area (Å²) in [6, 6.07) is 12.9. The molecule has 0 heterocycles. The standard InChI is InChI=1S/C18H16FNO4/c1-12(21)20-17(18(22)23)10-13-6-8-15(9-7-13)24-11-14-4-2-3-5-16(14)19/h2-10H,11H2,1H3,(H,20,21)(H,22,23). The van der Waals surface area contributed by atoms with Gasteiger partial charge in [0.15, 0.2) is 0 Å². The zero-order valence-electron chi connectivity index (χ0n) is 13.0. The molecule has 2 aromatic carbocycles. The van der Waals surface area contributed by atoms with E-state index in [0.717, 1.165) is 0 Å². The number of carbonyl (C=O) groups excluding carboxylic acids is 1. The van der Waals surface area contributed by atoms with Crippen molar-refractivity contribution < 1.29 is 23.8 Å². The SMILES string of the molecule is CC(=O)NC(=Cc1ccc(OCc2ccccc2F)cc1)C(=O)O. The molecule has 6 heteroatoms. The summed E-state index contributed by atoms with van der Waals surface area (Å²) in [7, 11) is 0. The molecule has 2 N–H and O–H groups in total. The van der Waals surface area contributed by atoms with E-state index in [1.54, 1.807) is 42.5 Å². The van der Waals surface area contributed by atoms with Gasteiger partial charge in [0.05, 0.1) is 0 Å². The average Bonchev–Trinajstić information content (AvgIpc) is 2.54. The second-order valence-electron chi connectivity index (χ2n) is 4.99. The largest absolute Gasteiger partial charge is 0.489 e. The van der Waals surface area contributed by atoms with Gasteiger partial charge >= 0.3 is 5.97 Å². The Morgan fingerprint density at radius 1 is 1.17 bits per heavy atom. The van der Waals surface area contributed by atoms with Gasteiger partial charge < -0.3 is 15.2 Å². The van der Waals surface area contributed by atoms with Gasteiger partial charge in [0.25, 0.3) is 0 Å². The van der Waals surface area contributed by atoms with Crippen molar-refractivity contribution in [3.63, 3.8) is 0 Å². The number of rotatable bonds is 6. The fraction of sp³-hybridized carbons (Fsp3) is 0.111. The molecule has 0 radical (unpaired) electrons. The molecule has 0 saturated carbocycles. The van der Waals surface area contributed by atoms with E-state index in [1.807, 2.05) is 0 Å². The maximum Gasteiger partial charge on any atom is 0.352 e. The van der Waals surface area contributed by atoms with Crippen LogP contribution in [-0.2, 0) is 16.2 Å². The fourth-order valence-electron chi connectivity index (χ4n) is 1.94. The molecule has 124 valence electrons. The van der Waals surface area contributed by atoms with E-state index < -0.39 is 11.9 Å².